The van der Waals surface area contributed by atoms with Gasteiger partial charge in [-0.15, -0.1) is 0 Å². The summed E-state index contributed by atoms with van der Waals surface area (Å²) in [6, 6.07) is 19.6. The van der Waals surface area contributed by atoms with Crippen LogP contribution in [0, 0.1) is 5.82 Å². The van der Waals surface area contributed by atoms with Gasteiger partial charge in [0.15, 0.2) is 0 Å². The topological polar surface area (TPSA) is 61.4 Å². The molecule has 0 radical (unpaired) electrons. The van der Waals surface area contributed by atoms with Crippen LogP contribution in [0.3, 0.4) is 0 Å². The number of carbonyl (C=O) groups excluding carboxylic acids is 2. The molecule has 3 aromatic carbocycles. The highest BCUT2D eigenvalue weighted by Crippen LogP contribution is 2.17. The third-order valence-corrected chi connectivity index (χ3v) is 4.17. The number of carbonyl (C=O) groups is 2. The third kappa shape index (κ3) is 4.54. The zero-order chi connectivity index (χ0) is 20.1. The van der Waals surface area contributed by atoms with E-state index >= 15 is 0 Å². The molecule has 0 aromatic heterocycles. The van der Waals surface area contributed by atoms with E-state index in [1.807, 2.05) is 43.3 Å². The van der Waals surface area contributed by atoms with Crippen LogP contribution < -0.4 is 15.5 Å². The van der Waals surface area contributed by atoms with E-state index < -0.39 is 11.7 Å². The van der Waals surface area contributed by atoms with Crippen LogP contribution in [0.15, 0.2) is 72.8 Å². The van der Waals surface area contributed by atoms with E-state index in [4.69, 9.17) is 0 Å². The Hall–Kier alpha value is -3.67. The van der Waals surface area contributed by atoms with Crippen LogP contribution in [0.1, 0.15) is 20.7 Å². The number of amides is 2. The van der Waals surface area contributed by atoms with Gasteiger partial charge in [-0.2, -0.15) is 0 Å². The van der Waals surface area contributed by atoms with Crippen molar-refractivity contribution in [2.75, 3.05) is 29.6 Å². The second-order valence-corrected chi connectivity index (χ2v) is 6.41. The summed E-state index contributed by atoms with van der Waals surface area (Å²) in [5.74, 6) is -1.23. The van der Waals surface area contributed by atoms with Crippen molar-refractivity contribution < 1.29 is 14.0 Å². The maximum Gasteiger partial charge on any atom is 0.255 e. The molecule has 6 heteroatoms. The van der Waals surface area contributed by atoms with Gasteiger partial charge >= 0.3 is 0 Å². The molecule has 5 nitrogen and oxygen atoms in total. The number of anilines is 3. The molecule has 28 heavy (non-hydrogen) atoms. The maximum atomic E-state index is 13.6. The summed E-state index contributed by atoms with van der Waals surface area (Å²) in [6.07, 6.45) is 0. The van der Waals surface area contributed by atoms with Crippen LogP contribution in [-0.2, 0) is 0 Å². The van der Waals surface area contributed by atoms with Gasteiger partial charge in [0.2, 0.25) is 0 Å². The van der Waals surface area contributed by atoms with Crippen molar-refractivity contribution in [1.82, 2.24) is 0 Å². The summed E-state index contributed by atoms with van der Waals surface area (Å²) in [7, 11) is 3.88. The second-order valence-electron chi connectivity index (χ2n) is 6.41. The molecule has 0 spiro atoms. The van der Waals surface area contributed by atoms with Gasteiger partial charge in [-0.3, -0.25) is 9.59 Å². The molecule has 0 saturated carbocycles. The number of nitrogens with one attached hydrogen (secondary N) is 2. The molecule has 0 aliphatic heterocycles. The number of para-hydroxylation sites is 1. The lowest BCUT2D eigenvalue weighted by Crippen LogP contribution is -2.15. The van der Waals surface area contributed by atoms with Crippen molar-refractivity contribution in [3.8, 4) is 0 Å². The number of hydrogen-bond donors (Lipinski definition) is 2. The summed E-state index contributed by atoms with van der Waals surface area (Å²) in [5.41, 5.74) is 2.56. The Morgan fingerprint density at radius 2 is 1.29 bits per heavy atom. The Labute approximate surface area is 162 Å². The van der Waals surface area contributed by atoms with Crippen LogP contribution in [-0.4, -0.2) is 25.9 Å². The maximum absolute atomic E-state index is 13.6. The summed E-state index contributed by atoms with van der Waals surface area (Å²) < 4.78 is 13.6. The minimum absolute atomic E-state index is 0.107. The van der Waals surface area contributed by atoms with Crippen molar-refractivity contribution in [1.29, 1.82) is 0 Å². The Kier molecular flexibility index (Phi) is 5.69. The minimum atomic E-state index is -0.507. The Balaban J connectivity index is 1.65. The lowest BCUT2D eigenvalue weighted by molar-refractivity contribution is 0.101. The number of halogens is 1. The van der Waals surface area contributed by atoms with E-state index in [0.717, 1.165) is 5.69 Å². The first-order chi connectivity index (χ1) is 13.4. The molecule has 0 heterocycles. The van der Waals surface area contributed by atoms with Gasteiger partial charge in [0.05, 0.1) is 5.69 Å². The standard InChI is InChI=1S/C22H20FN3O2/c1-26(2)18-13-11-17(12-14-18)24-21(27)15-7-9-16(10-8-15)22(28)25-20-6-4-3-5-19(20)23/h3-14H,1-2H3,(H,24,27)(H,25,28). The molecule has 0 saturated heterocycles. The van der Waals surface area contributed by atoms with Crippen LogP contribution in [0.4, 0.5) is 21.5 Å². The van der Waals surface area contributed by atoms with Crippen LogP contribution in [0.2, 0.25) is 0 Å². The SMILES string of the molecule is CN(C)c1ccc(NC(=O)c2ccc(C(=O)Nc3ccccc3F)cc2)cc1. The zero-order valence-electron chi connectivity index (χ0n) is 15.6. The lowest BCUT2D eigenvalue weighted by Gasteiger charge is -2.13. The van der Waals surface area contributed by atoms with Crippen molar-refractivity contribution in [2.45, 2.75) is 0 Å². The van der Waals surface area contributed by atoms with Crippen LogP contribution in [0.5, 0.6) is 0 Å². The fourth-order valence-corrected chi connectivity index (χ4v) is 2.58. The van der Waals surface area contributed by atoms with Gasteiger partial charge in [-0.05, 0) is 60.7 Å². The predicted molar refractivity (Wildman–Crippen MR) is 110 cm³/mol. The fraction of sp³-hybridized carbons (Fsp3) is 0.0909. The molecule has 0 unspecified atom stereocenters. The monoisotopic (exact) mass is 377 g/mol. The first-order valence-electron chi connectivity index (χ1n) is 8.69. The Morgan fingerprint density at radius 3 is 1.82 bits per heavy atom. The molecule has 3 rings (SSSR count). The third-order valence-electron chi connectivity index (χ3n) is 4.17. The predicted octanol–water partition coefficient (Wildman–Crippen LogP) is 4.40. The highest BCUT2D eigenvalue weighted by molar-refractivity contribution is 6.07. The van der Waals surface area contributed by atoms with E-state index in [-0.39, 0.29) is 11.6 Å². The first-order valence-corrected chi connectivity index (χ1v) is 8.69. The highest BCUT2D eigenvalue weighted by Gasteiger charge is 2.11. The molecule has 142 valence electrons. The van der Waals surface area contributed by atoms with E-state index in [1.165, 1.54) is 24.3 Å². The van der Waals surface area contributed by atoms with E-state index in [9.17, 15) is 14.0 Å². The van der Waals surface area contributed by atoms with Gasteiger partial charge < -0.3 is 15.5 Å². The zero-order valence-corrected chi connectivity index (χ0v) is 15.6. The molecular formula is C22H20FN3O2. The Bertz CT molecular complexity index is 983. The molecule has 2 amide bonds. The van der Waals surface area contributed by atoms with Gasteiger partial charge in [-0.1, -0.05) is 12.1 Å². The second kappa shape index (κ2) is 8.35. The highest BCUT2D eigenvalue weighted by atomic mass is 19.1. The molecule has 0 aliphatic rings. The van der Waals surface area contributed by atoms with E-state index in [2.05, 4.69) is 10.6 Å². The summed E-state index contributed by atoms with van der Waals surface area (Å²) in [4.78, 5) is 26.6. The largest absolute Gasteiger partial charge is 0.378 e. The van der Waals surface area contributed by atoms with Crippen LogP contribution >= 0.6 is 0 Å². The van der Waals surface area contributed by atoms with Crippen molar-refractivity contribution in [2.24, 2.45) is 0 Å². The molecule has 0 aliphatic carbocycles. The number of hydrogen-bond acceptors (Lipinski definition) is 3. The van der Waals surface area contributed by atoms with Gasteiger partial charge in [0, 0.05) is 36.6 Å². The summed E-state index contributed by atoms with van der Waals surface area (Å²) in [6.45, 7) is 0. The van der Waals surface area contributed by atoms with E-state index in [0.29, 0.717) is 16.8 Å². The smallest absolute Gasteiger partial charge is 0.255 e. The molecule has 0 fully saturated rings. The summed E-state index contributed by atoms with van der Waals surface area (Å²) >= 11 is 0. The Morgan fingerprint density at radius 1 is 0.750 bits per heavy atom. The van der Waals surface area contributed by atoms with Crippen molar-refractivity contribution in [3.05, 3.63) is 89.7 Å². The van der Waals surface area contributed by atoms with Gasteiger partial charge in [0.1, 0.15) is 5.82 Å². The quantitative estimate of drug-likeness (QED) is 0.693. The normalized spacial score (nSPS) is 10.2. The van der Waals surface area contributed by atoms with Gasteiger partial charge in [-0.25, -0.2) is 4.39 Å². The first kappa shape index (κ1) is 19.1. The summed E-state index contributed by atoms with van der Waals surface area (Å²) in [5, 5.41) is 5.32. The molecule has 0 atom stereocenters. The lowest BCUT2D eigenvalue weighted by atomic mass is 10.1. The van der Waals surface area contributed by atoms with Crippen LogP contribution in [0.25, 0.3) is 0 Å². The average molecular weight is 377 g/mol. The fourth-order valence-electron chi connectivity index (χ4n) is 2.58. The molecular weight excluding hydrogens is 357 g/mol. The number of benzene rings is 3. The average Bonchev–Trinajstić information content (AvgIpc) is 2.70. The number of rotatable bonds is 5. The molecule has 3 aromatic rings. The minimum Gasteiger partial charge on any atom is -0.378 e. The van der Waals surface area contributed by atoms with Crippen molar-refractivity contribution in [3.63, 3.8) is 0 Å². The molecule has 0 bridgehead atoms. The van der Waals surface area contributed by atoms with Gasteiger partial charge in [0.25, 0.3) is 11.8 Å². The van der Waals surface area contributed by atoms with Crippen molar-refractivity contribution >= 4 is 28.9 Å². The van der Waals surface area contributed by atoms with E-state index in [1.54, 1.807) is 24.3 Å². The number of nitrogens with zero attached hydrogens (tertiary/aromatic N) is 1. The molecule has 2 N–H and O–H groups in total.